The minimum Gasteiger partial charge on any atom is -0.484 e. The molecule has 1 aromatic rings. The zero-order chi connectivity index (χ0) is 19.2. The summed E-state index contributed by atoms with van der Waals surface area (Å²) in [6.07, 6.45) is 3.92. The number of nitrogens with zero attached hydrogens (tertiary/aromatic N) is 2. The van der Waals surface area contributed by atoms with Gasteiger partial charge in [-0.3, -0.25) is 14.4 Å². The van der Waals surface area contributed by atoms with E-state index in [1.807, 2.05) is 4.90 Å². The highest BCUT2D eigenvalue weighted by atomic mass is 16.5. The van der Waals surface area contributed by atoms with Crippen LogP contribution in [0.2, 0.25) is 0 Å². The number of hydrogen-bond donors (Lipinski definition) is 1. The molecule has 0 bridgehead atoms. The minimum atomic E-state index is -0.355. The van der Waals surface area contributed by atoms with Gasteiger partial charge in [-0.05, 0) is 37.1 Å². The van der Waals surface area contributed by atoms with E-state index < -0.39 is 0 Å². The Bertz CT molecular complexity index is 710. The molecule has 0 spiro atoms. The highest BCUT2D eigenvalue weighted by Crippen LogP contribution is 2.27. The van der Waals surface area contributed by atoms with E-state index in [9.17, 15) is 14.4 Å². The molecule has 7 heteroatoms. The van der Waals surface area contributed by atoms with Gasteiger partial charge in [-0.25, -0.2) is 0 Å². The molecule has 0 aromatic heterocycles. The van der Waals surface area contributed by atoms with Crippen molar-refractivity contribution < 1.29 is 19.1 Å². The molecular weight excluding hydrogens is 346 g/mol. The Labute approximate surface area is 159 Å². The fourth-order valence-electron chi connectivity index (χ4n) is 3.38. The van der Waals surface area contributed by atoms with Gasteiger partial charge < -0.3 is 19.9 Å². The van der Waals surface area contributed by atoms with Crippen LogP contribution < -0.4 is 15.0 Å². The summed E-state index contributed by atoms with van der Waals surface area (Å²) in [5.41, 5.74) is 0.720. The third-order valence-corrected chi connectivity index (χ3v) is 4.89. The normalized spacial score (nSPS) is 19.3. The van der Waals surface area contributed by atoms with Gasteiger partial charge in [-0.15, -0.1) is 6.58 Å². The predicted octanol–water partition coefficient (Wildman–Crippen LogP) is 1.34. The van der Waals surface area contributed by atoms with Crippen LogP contribution in [0.5, 0.6) is 5.75 Å². The van der Waals surface area contributed by atoms with Crippen molar-refractivity contribution in [1.82, 2.24) is 10.2 Å². The fourth-order valence-corrected chi connectivity index (χ4v) is 3.38. The van der Waals surface area contributed by atoms with Crippen molar-refractivity contribution in [3.63, 3.8) is 0 Å². The van der Waals surface area contributed by atoms with Crippen molar-refractivity contribution in [3.05, 3.63) is 36.9 Å². The molecule has 27 heavy (non-hydrogen) atoms. The SMILES string of the molecule is C=CCNC(=O)[C@@H]1CC(=O)N(c2ccc(OCC(=O)N3CCCC3)cc2)C1. The smallest absolute Gasteiger partial charge is 0.260 e. The summed E-state index contributed by atoms with van der Waals surface area (Å²) in [7, 11) is 0. The van der Waals surface area contributed by atoms with Gasteiger partial charge in [0.1, 0.15) is 5.75 Å². The third kappa shape index (κ3) is 4.67. The van der Waals surface area contributed by atoms with Crippen molar-refractivity contribution in [1.29, 1.82) is 0 Å². The van der Waals surface area contributed by atoms with E-state index in [1.54, 1.807) is 35.2 Å². The molecule has 2 fully saturated rings. The molecular formula is C20H25N3O4. The van der Waals surface area contributed by atoms with Crippen LogP contribution in [-0.4, -0.2) is 55.4 Å². The Hall–Kier alpha value is -2.83. The van der Waals surface area contributed by atoms with E-state index >= 15 is 0 Å². The van der Waals surface area contributed by atoms with Crippen molar-refractivity contribution >= 4 is 23.4 Å². The number of amides is 3. The number of benzene rings is 1. The molecule has 144 valence electrons. The quantitative estimate of drug-likeness (QED) is 0.734. The summed E-state index contributed by atoms with van der Waals surface area (Å²) in [5.74, 6) is 0.0158. The highest BCUT2D eigenvalue weighted by molar-refractivity contribution is 6.00. The van der Waals surface area contributed by atoms with Crippen LogP contribution >= 0.6 is 0 Å². The third-order valence-electron chi connectivity index (χ3n) is 4.89. The number of ether oxygens (including phenoxy) is 1. The Morgan fingerprint density at radius 3 is 2.59 bits per heavy atom. The van der Waals surface area contributed by atoms with Crippen molar-refractivity contribution in [3.8, 4) is 5.75 Å². The molecule has 7 nitrogen and oxygen atoms in total. The van der Waals surface area contributed by atoms with E-state index in [2.05, 4.69) is 11.9 Å². The lowest BCUT2D eigenvalue weighted by atomic mass is 10.1. The largest absolute Gasteiger partial charge is 0.484 e. The molecule has 2 heterocycles. The first-order valence-corrected chi connectivity index (χ1v) is 9.28. The summed E-state index contributed by atoms with van der Waals surface area (Å²) in [4.78, 5) is 39.7. The maximum absolute atomic E-state index is 12.3. The maximum atomic E-state index is 12.3. The zero-order valence-corrected chi connectivity index (χ0v) is 15.4. The maximum Gasteiger partial charge on any atom is 0.260 e. The summed E-state index contributed by atoms with van der Waals surface area (Å²) in [6.45, 7) is 5.95. The highest BCUT2D eigenvalue weighted by Gasteiger charge is 2.34. The van der Waals surface area contributed by atoms with Gasteiger partial charge >= 0.3 is 0 Å². The van der Waals surface area contributed by atoms with Crippen molar-refractivity contribution in [2.75, 3.05) is 37.7 Å². The molecule has 2 aliphatic heterocycles. The lowest BCUT2D eigenvalue weighted by Gasteiger charge is -2.18. The molecule has 1 aromatic carbocycles. The molecule has 0 saturated carbocycles. The first-order chi connectivity index (χ1) is 13.1. The first-order valence-electron chi connectivity index (χ1n) is 9.28. The molecule has 0 radical (unpaired) electrons. The second kappa shape index (κ2) is 8.70. The number of carbonyl (C=O) groups is 3. The molecule has 1 N–H and O–H groups in total. The van der Waals surface area contributed by atoms with Gasteiger partial charge in [-0.1, -0.05) is 6.08 Å². The number of likely N-dealkylation sites (tertiary alicyclic amines) is 1. The average molecular weight is 371 g/mol. The fraction of sp³-hybridized carbons (Fsp3) is 0.450. The molecule has 3 amide bonds. The summed E-state index contributed by atoms with van der Waals surface area (Å²) in [6, 6.07) is 7.03. The summed E-state index contributed by atoms with van der Waals surface area (Å²) in [5, 5.41) is 2.73. The Morgan fingerprint density at radius 1 is 1.22 bits per heavy atom. The lowest BCUT2D eigenvalue weighted by Crippen LogP contribution is -2.33. The minimum absolute atomic E-state index is 0.000300. The molecule has 0 aliphatic carbocycles. The van der Waals surface area contributed by atoms with Gasteiger partial charge in [-0.2, -0.15) is 0 Å². The van der Waals surface area contributed by atoms with Crippen LogP contribution in [0.25, 0.3) is 0 Å². The predicted molar refractivity (Wildman–Crippen MR) is 101 cm³/mol. The van der Waals surface area contributed by atoms with Crippen LogP contribution in [0, 0.1) is 5.92 Å². The first kappa shape index (κ1) is 18.9. The van der Waals surface area contributed by atoms with Gasteiger partial charge in [0.05, 0.1) is 5.92 Å². The molecule has 1 atom stereocenters. The van der Waals surface area contributed by atoms with Gasteiger partial charge in [0, 0.05) is 38.3 Å². The Morgan fingerprint density at radius 2 is 1.93 bits per heavy atom. The average Bonchev–Trinajstić information content (AvgIpc) is 3.34. The monoisotopic (exact) mass is 371 g/mol. The second-order valence-electron chi connectivity index (χ2n) is 6.81. The standard InChI is InChI=1S/C20H25N3O4/c1-2-9-21-20(26)15-12-18(24)23(13-15)16-5-7-17(8-6-16)27-14-19(25)22-10-3-4-11-22/h2,5-8,15H,1,3-4,9-14H2,(H,21,26)/t15-/m1/s1. The van der Waals surface area contributed by atoms with E-state index in [0.717, 1.165) is 31.6 Å². The van der Waals surface area contributed by atoms with Crippen molar-refractivity contribution in [2.45, 2.75) is 19.3 Å². The van der Waals surface area contributed by atoms with Crippen molar-refractivity contribution in [2.24, 2.45) is 5.92 Å². The van der Waals surface area contributed by atoms with E-state index in [-0.39, 0.29) is 36.7 Å². The number of hydrogen-bond acceptors (Lipinski definition) is 4. The van der Waals surface area contributed by atoms with Gasteiger partial charge in [0.2, 0.25) is 11.8 Å². The van der Waals surface area contributed by atoms with E-state index in [0.29, 0.717) is 18.8 Å². The topological polar surface area (TPSA) is 79.0 Å². The van der Waals surface area contributed by atoms with Crippen LogP contribution in [0.15, 0.2) is 36.9 Å². The molecule has 3 rings (SSSR count). The summed E-state index contributed by atoms with van der Waals surface area (Å²) < 4.78 is 5.56. The lowest BCUT2D eigenvalue weighted by molar-refractivity contribution is -0.132. The molecule has 2 saturated heterocycles. The number of anilines is 1. The van der Waals surface area contributed by atoms with Gasteiger partial charge in [0.15, 0.2) is 6.61 Å². The number of nitrogens with one attached hydrogen (secondary N) is 1. The van der Waals surface area contributed by atoms with Crippen LogP contribution in [0.1, 0.15) is 19.3 Å². The Balaban J connectivity index is 1.53. The van der Waals surface area contributed by atoms with Crippen LogP contribution in [-0.2, 0) is 14.4 Å². The second-order valence-corrected chi connectivity index (χ2v) is 6.81. The van der Waals surface area contributed by atoms with Gasteiger partial charge in [0.25, 0.3) is 5.91 Å². The Kier molecular flexibility index (Phi) is 6.11. The molecule has 0 unspecified atom stereocenters. The van der Waals surface area contributed by atoms with E-state index in [4.69, 9.17) is 4.74 Å². The van der Waals surface area contributed by atoms with Crippen LogP contribution in [0.3, 0.4) is 0 Å². The number of rotatable bonds is 7. The molecule has 2 aliphatic rings. The van der Waals surface area contributed by atoms with Crippen LogP contribution in [0.4, 0.5) is 5.69 Å². The van der Waals surface area contributed by atoms with E-state index in [1.165, 1.54) is 0 Å². The number of carbonyl (C=O) groups excluding carboxylic acids is 3. The summed E-state index contributed by atoms with van der Waals surface area (Å²) >= 11 is 0. The zero-order valence-electron chi connectivity index (χ0n) is 15.4.